The maximum absolute atomic E-state index is 13.7. The number of rotatable bonds is 39. The molecule has 0 aromatic heterocycles. The van der Waals surface area contributed by atoms with Crippen LogP contribution in [0, 0.1) is 136 Å². The van der Waals surface area contributed by atoms with Crippen molar-refractivity contribution < 1.29 is 138 Å². The van der Waals surface area contributed by atoms with Gasteiger partial charge >= 0.3 is 47.8 Å². The van der Waals surface area contributed by atoms with Crippen LogP contribution in [-0.2, 0) is 134 Å². The van der Waals surface area contributed by atoms with Gasteiger partial charge in [0.15, 0.2) is 0 Å². The Kier molecular flexibility index (Phi) is 63.9. The SMILES string of the molecule is C.COC(=O)CC(C(=O)C(C)C)C(C)(C)C.COC(=O)CC(C(=O)C(C)C)C(C)(C)F.COC(=O)CC(C(=O)C(C)C)C(C)C.COC(=O)CC(C(=O)C(C)C)C(C)C.COC(=O)CC(C(=O)C(C)C)C1CC(C)(C)OC(C)(C)C1.COC(=O)CC(C(=O)C(C)C)C1CCOC(C)(C)C1.COC(=O)CC(C(=O)C(C)C)C1CCOC(C)C1.COC(=O)CC(C(=O)C(C)C)C1CCOC2(CC2)C1. The monoisotopic (exact) mass is 1940 g/mol. The minimum Gasteiger partial charge on any atom is -0.469 e. The van der Waals surface area contributed by atoms with Crippen molar-refractivity contribution in [3.05, 3.63) is 0 Å². The summed E-state index contributed by atoms with van der Waals surface area (Å²) >= 11 is 0. The van der Waals surface area contributed by atoms with Crippen LogP contribution in [0.25, 0.3) is 0 Å². The molecule has 0 aromatic rings. The fourth-order valence-corrected chi connectivity index (χ4v) is 17.7. The Morgan fingerprint density at radius 3 is 0.831 bits per heavy atom. The Balaban J connectivity index is -0.000000735. The molecule has 0 N–H and O–H groups in total. The molecule has 1 spiro atoms. The summed E-state index contributed by atoms with van der Waals surface area (Å²) in [5, 5.41) is 0. The minimum absolute atomic E-state index is 0. The van der Waals surface area contributed by atoms with Gasteiger partial charge < -0.3 is 56.8 Å². The maximum Gasteiger partial charge on any atom is 0.306 e. The van der Waals surface area contributed by atoms with Gasteiger partial charge in [0.1, 0.15) is 51.9 Å². The van der Waals surface area contributed by atoms with Crippen molar-refractivity contribution in [3.63, 3.8) is 0 Å². The smallest absolute Gasteiger partial charge is 0.306 e. The molecule has 12 unspecified atom stereocenters. The van der Waals surface area contributed by atoms with Crippen molar-refractivity contribution >= 4 is 94.0 Å². The Bertz CT molecular complexity index is 3500. The average molecular weight is 1940 g/mol. The lowest BCUT2D eigenvalue weighted by molar-refractivity contribution is -0.183. The van der Waals surface area contributed by atoms with Gasteiger partial charge in [-0.1, -0.05) is 167 Å². The van der Waals surface area contributed by atoms with E-state index in [1.807, 2.05) is 166 Å². The highest BCUT2D eigenvalue weighted by atomic mass is 19.1. The van der Waals surface area contributed by atoms with E-state index >= 15 is 0 Å². The standard InChI is InChI=1S/C17H30O4.C15H24O4.C15H26O4.C14H24O4.C12H22O3.C11H19FO3.2C11H20O3.CH4/c1-11(2)15(19)13(8-14(18)20-7)12-9-16(3,4)21-17(5,6)10-12;1-10(2)14(17)12(8-13(16)18-3)11-4-7-19-15(9-11)5-6-15;1-10(2)14(17)12(8-13(16)18-5)11-6-7-19-15(3,4)9-11;1-9(2)14(16)12(8-13(15)17-4)11-5-6-18-10(3)7-11;1-8(2)11(14)9(12(3,4)5)7-10(13)15-6;1-7(2)10(14)8(11(3,4)12)6-9(13)15-5;2*1-7(2)9(6-10(12)14-5)11(13)8(3)4;/h11-13H,8-10H2,1-7H3;10-12H,4-9H2,1-3H3;10-12H,6-9H2,1-5H3;9-12H,5-8H2,1-4H3;8-9H,7H2,1-6H3;7-8H,6H2,1-5H3;2*7-9H,6H2,1-5H3;1H4. The number of esters is 8. The van der Waals surface area contributed by atoms with Crippen molar-refractivity contribution in [2.45, 2.75) is 379 Å². The summed E-state index contributed by atoms with van der Waals surface area (Å²) in [7, 11) is 10.8. The largest absolute Gasteiger partial charge is 0.469 e. The number of carbonyl (C=O) groups is 16. The van der Waals surface area contributed by atoms with E-state index in [1.54, 1.807) is 13.8 Å². The zero-order valence-electron chi connectivity index (χ0n) is 90.9. The first-order valence-electron chi connectivity index (χ1n) is 49.0. The summed E-state index contributed by atoms with van der Waals surface area (Å²) in [6.45, 7) is 62.3. The number of alkyl halides is 1. The summed E-state index contributed by atoms with van der Waals surface area (Å²) in [5.74, 6) is -3.71. The first-order chi connectivity index (χ1) is 61.8. The van der Waals surface area contributed by atoms with Gasteiger partial charge in [-0.15, -0.1) is 0 Å². The van der Waals surface area contributed by atoms with Crippen molar-refractivity contribution in [2.24, 2.45) is 136 Å². The molecule has 12 atom stereocenters. The molecule has 0 radical (unpaired) electrons. The van der Waals surface area contributed by atoms with Gasteiger partial charge in [0.05, 0.1) is 143 Å². The molecule has 0 bridgehead atoms. The molecule has 5 fully saturated rings. The number of carbonyl (C=O) groups excluding carboxylic acids is 16. The second-order valence-electron chi connectivity index (χ2n) is 43.8. The van der Waals surface area contributed by atoms with Crippen molar-refractivity contribution in [1.29, 1.82) is 0 Å². The Morgan fingerprint density at radius 2 is 0.566 bits per heavy atom. The molecule has 28 nitrogen and oxygen atoms in total. The van der Waals surface area contributed by atoms with Crippen LogP contribution in [0.4, 0.5) is 4.39 Å². The lowest BCUT2D eigenvalue weighted by Crippen LogP contribution is -2.48. The van der Waals surface area contributed by atoms with Crippen molar-refractivity contribution in [2.75, 3.05) is 76.7 Å². The molecular weight excluding hydrogens is 1750 g/mol. The molecule has 1 aliphatic carbocycles. The van der Waals surface area contributed by atoms with Crippen LogP contribution in [0.2, 0.25) is 0 Å². The lowest BCUT2D eigenvalue weighted by atomic mass is 9.70. The van der Waals surface area contributed by atoms with Gasteiger partial charge in [-0.05, 0) is 167 Å². The van der Waals surface area contributed by atoms with E-state index in [2.05, 4.69) is 46.6 Å². The minimum atomic E-state index is -1.70. The van der Waals surface area contributed by atoms with Gasteiger partial charge in [0.25, 0.3) is 0 Å². The van der Waals surface area contributed by atoms with Crippen LogP contribution in [0.3, 0.4) is 0 Å². The number of methoxy groups -OCH3 is 8. The van der Waals surface area contributed by atoms with Crippen molar-refractivity contribution in [1.82, 2.24) is 0 Å². The molecule has 0 amide bonds. The summed E-state index contributed by atoms with van der Waals surface area (Å²) < 4.78 is 74.0. The fourth-order valence-electron chi connectivity index (χ4n) is 17.7. The van der Waals surface area contributed by atoms with Crippen LogP contribution in [0.1, 0.15) is 345 Å². The van der Waals surface area contributed by atoms with E-state index in [0.717, 1.165) is 64.2 Å². The zero-order chi connectivity index (χ0) is 106. The van der Waals surface area contributed by atoms with E-state index in [1.165, 1.54) is 70.7 Å². The topological polar surface area (TPSA) is 384 Å². The Hall–Kier alpha value is -7.11. The lowest BCUT2D eigenvalue weighted by Gasteiger charge is -2.47. The number of halogens is 1. The quantitative estimate of drug-likeness (QED) is 0.0407. The number of hydrogen-bond acceptors (Lipinski definition) is 28. The molecule has 5 rings (SSSR count). The van der Waals surface area contributed by atoms with Crippen LogP contribution in [0.15, 0.2) is 0 Å². The molecule has 136 heavy (non-hydrogen) atoms. The number of hydrogen-bond donors (Lipinski definition) is 0. The third-order valence-corrected chi connectivity index (χ3v) is 25.7. The highest BCUT2D eigenvalue weighted by Crippen LogP contribution is 2.51. The summed E-state index contributed by atoms with van der Waals surface area (Å²) in [4.78, 5) is 187. The molecule has 792 valence electrons. The number of Topliss-reactive ketones (excluding diaryl/α,β-unsaturated/α-hetero) is 8. The summed E-state index contributed by atoms with van der Waals surface area (Å²) in [6, 6.07) is 0. The van der Waals surface area contributed by atoms with Crippen LogP contribution < -0.4 is 0 Å². The third kappa shape index (κ3) is 52.4. The maximum atomic E-state index is 13.7. The Morgan fingerprint density at radius 1 is 0.316 bits per heavy atom. The summed E-state index contributed by atoms with van der Waals surface area (Å²) in [6.07, 6.45) is 10.3. The van der Waals surface area contributed by atoms with Gasteiger partial charge in [0, 0.05) is 109 Å². The van der Waals surface area contributed by atoms with Gasteiger partial charge in [-0.25, -0.2) is 4.39 Å². The van der Waals surface area contributed by atoms with E-state index in [0.29, 0.717) is 19.8 Å². The second kappa shape index (κ2) is 64.3. The van der Waals surface area contributed by atoms with E-state index in [-0.39, 0.29) is 305 Å². The van der Waals surface area contributed by atoms with E-state index < -0.39 is 17.6 Å². The predicted molar refractivity (Wildman–Crippen MR) is 524 cm³/mol. The molecule has 1 saturated carbocycles. The zero-order valence-corrected chi connectivity index (χ0v) is 90.9. The molecule has 4 saturated heterocycles. The molecule has 4 aliphatic heterocycles. The molecular formula is C107H189FO28. The highest BCUT2D eigenvalue weighted by molar-refractivity contribution is 5.92. The number of ketones is 8. The van der Waals surface area contributed by atoms with Gasteiger partial charge in [-0.2, -0.15) is 0 Å². The van der Waals surface area contributed by atoms with Gasteiger partial charge in [0.2, 0.25) is 0 Å². The van der Waals surface area contributed by atoms with Crippen LogP contribution >= 0.6 is 0 Å². The average Bonchev–Trinajstić information content (AvgIpc) is 1.63. The summed E-state index contributed by atoms with van der Waals surface area (Å²) in [5.41, 5.74) is -2.63. The van der Waals surface area contributed by atoms with E-state index in [4.69, 9.17) is 37.9 Å². The molecule has 5 aliphatic rings. The van der Waals surface area contributed by atoms with Crippen LogP contribution in [-0.4, -0.2) is 205 Å². The van der Waals surface area contributed by atoms with Crippen molar-refractivity contribution in [3.8, 4) is 0 Å². The first kappa shape index (κ1) is 135. The first-order valence-corrected chi connectivity index (χ1v) is 49.0. The molecule has 4 heterocycles. The molecule has 29 heteroatoms. The highest BCUT2D eigenvalue weighted by Gasteiger charge is 2.51. The third-order valence-electron chi connectivity index (χ3n) is 25.7. The van der Waals surface area contributed by atoms with E-state index in [9.17, 15) is 81.1 Å². The Labute approximate surface area is 819 Å². The van der Waals surface area contributed by atoms with Crippen LogP contribution in [0.5, 0.6) is 0 Å². The normalized spacial score (nSPS) is 19.7. The number of ether oxygens (including phenoxy) is 12. The molecule has 0 aromatic carbocycles. The fraction of sp³-hybridized carbons (Fsp3) is 0.850. The van der Waals surface area contributed by atoms with Gasteiger partial charge in [-0.3, -0.25) is 76.7 Å². The predicted octanol–water partition coefficient (Wildman–Crippen LogP) is 19.8. The second-order valence-corrected chi connectivity index (χ2v) is 43.8.